The molecule has 0 unspecified atom stereocenters. The largest absolute Gasteiger partial charge is 0.493 e. The van der Waals surface area contributed by atoms with E-state index in [1.807, 2.05) is 29.2 Å². The molecule has 6 heteroatoms. The molecular formula is C22H27N3O3. The third-order valence-electron chi connectivity index (χ3n) is 5.67. The van der Waals surface area contributed by atoms with Crippen LogP contribution in [0.15, 0.2) is 42.7 Å². The first-order chi connectivity index (χ1) is 13.8. The average molecular weight is 381 g/mol. The molecule has 6 nitrogen and oxygen atoms in total. The van der Waals surface area contributed by atoms with Crippen LogP contribution in [0.4, 0.5) is 0 Å². The Kier molecular flexibility index (Phi) is 5.76. The summed E-state index contributed by atoms with van der Waals surface area (Å²) in [6, 6.07) is 10.2. The summed E-state index contributed by atoms with van der Waals surface area (Å²) in [5.74, 6) is 1.76. The summed E-state index contributed by atoms with van der Waals surface area (Å²) in [6.07, 6.45) is 6.32. The molecule has 4 rings (SSSR count). The Morgan fingerprint density at radius 3 is 2.79 bits per heavy atom. The molecule has 0 spiro atoms. The molecule has 28 heavy (non-hydrogen) atoms. The van der Waals surface area contributed by atoms with E-state index in [9.17, 15) is 4.79 Å². The molecule has 1 fully saturated rings. The van der Waals surface area contributed by atoms with Crippen LogP contribution in [0.3, 0.4) is 0 Å². The van der Waals surface area contributed by atoms with Crippen molar-refractivity contribution < 1.29 is 14.3 Å². The van der Waals surface area contributed by atoms with Crippen molar-refractivity contribution in [2.75, 3.05) is 33.4 Å². The predicted octanol–water partition coefficient (Wildman–Crippen LogP) is 2.98. The summed E-state index contributed by atoms with van der Waals surface area (Å²) >= 11 is 0. The summed E-state index contributed by atoms with van der Waals surface area (Å²) in [4.78, 5) is 21.2. The molecular weight excluding hydrogens is 354 g/mol. The smallest absolute Gasteiger partial charge is 0.255 e. The van der Waals surface area contributed by atoms with Gasteiger partial charge in [-0.05, 0) is 37.5 Å². The van der Waals surface area contributed by atoms with Crippen molar-refractivity contribution in [1.82, 2.24) is 14.8 Å². The highest BCUT2D eigenvalue weighted by Gasteiger charge is 2.29. The second-order valence-electron chi connectivity index (χ2n) is 7.39. The first kappa shape index (κ1) is 18.7. The molecule has 2 aromatic rings. The number of piperidine rings is 1. The van der Waals surface area contributed by atoms with Crippen LogP contribution in [-0.2, 0) is 6.54 Å². The van der Waals surface area contributed by atoms with Gasteiger partial charge in [-0.15, -0.1) is 0 Å². The highest BCUT2D eigenvalue weighted by molar-refractivity contribution is 5.93. The predicted molar refractivity (Wildman–Crippen MR) is 107 cm³/mol. The van der Waals surface area contributed by atoms with E-state index in [4.69, 9.17) is 9.47 Å². The Morgan fingerprint density at radius 1 is 1.18 bits per heavy atom. The van der Waals surface area contributed by atoms with Gasteiger partial charge in [-0.1, -0.05) is 12.1 Å². The fourth-order valence-corrected chi connectivity index (χ4v) is 4.17. The maximum absolute atomic E-state index is 12.7. The number of hydrogen-bond donors (Lipinski definition) is 0. The molecule has 0 bridgehead atoms. The summed E-state index contributed by atoms with van der Waals surface area (Å²) in [6.45, 7) is 4.14. The van der Waals surface area contributed by atoms with Crippen LogP contribution in [0, 0.1) is 0 Å². The van der Waals surface area contributed by atoms with Crippen LogP contribution in [0.5, 0.6) is 11.5 Å². The number of aromatic nitrogens is 1. The number of amides is 1. The van der Waals surface area contributed by atoms with E-state index >= 15 is 0 Å². The van der Waals surface area contributed by atoms with Gasteiger partial charge in [0.1, 0.15) is 0 Å². The number of hydrogen-bond acceptors (Lipinski definition) is 5. The first-order valence-corrected chi connectivity index (χ1v) is 9.98. The van der Waals surface area contributed by atoms with Gasteiger partial charge in [0.2, 0.25) is 0 Å². The molecule has 2 aliphatic rings. The lowest BCUT2D eigenvalue weighted by atomic mass is 10.0. The zero-order valence-electron chi connectivity index (χ0n) is 16.3. The summed E-state index contributed by atoms with van der Waals surface area (Å²) < 4.78 is 11.5. The summed E-state index contributed by atoms with van der Waals surface area (Å²) in [7, 11) is 1.69. The minimum Gasteiger partial charge on any atom is -0.493 e. The van der Waals surface area contributed by atoms with Crippen LogP contribution in [0.1, 0.15) is 35.2 Å². The molecule has 1 aromatic carbocycles. The Balaban J connectivity index is 1.42. The van der Waals surface area contributed by atoms with Crippen LogP contribution >= 0.6 is 0 Å². The number of nitrogens with zero attached hydrogens (tertiary/aromatic N) is 3. The number of likely N-dealkylation sites (tertiary alicyclic amines) is 1. The van der Waals surface area contributed by atoms with Gasteiger partial charge < -0.3 is 14.4 Å². The van der Waals surface area contributed by atoms with Crippen LogP contribution < -0.4 is 9.47 Å². The van der Waals surface area contributed by atoms with E-state index in [0.29, 0.717) is 18.2 Å². The molecule has 3 heterocycles. The van der Waals surface area contributed by atoms with E-state index in [1.165, 1.54) is 5.56 Å². The van der Waals surface area contributed by atoms with Crippen LogP contribution in [0.25, 0.3) is 0 Å². The molecule has 148 valence electrons. The molecule has 2 aliphatic heterocycles. The van der Waals surface area contributed by atoms with Crippen molar-refractivity contribution in [3.05, 3.63) is 53.9 Å². The molecule has 0 saturated carbocycles. The number of benzene rings is 1. The number of para-hydroxylation sites is 1. The lowest BCUT2D eigenvalue weighted by molar-refractivity contribution is 0.0587. The third kappa shape index (κ3) is 3.97. The van der Waals surface area contributed by atoms with Gasteiger partial charge >= 0.3 is 0 Å². The number of carbonyl (C=O) groups is 1. The molecule has 0 N–H and O–H groups in total. The number of methoxy groups -OCH3 is 1. The zero-order valence-corrected chi connectivity index (χ0v) is 16.3. The lowest BCUT2D eigenvalue weighted by Crippen LogP contribution is -2.47. The van der Waals surface area contributed by atoms with Crippen molar-refractivity contribution in [2.45, 2.75) is 31.8 Å². The van der Waals surface area contributed by atoms with Gasteiger partial charge in [-0.3, -0.25) is 14.7 Å². The van der Waals surface area contributed by atoms with Gasteiger partial charge in [0.15, 0.2) is 11.5 Å². The highest BCUT2D eigenvalue weighted by atomic mass is 16.5. The second-order valence-corrected chi connectivity index (χ2v) is 7.39. The van der Waals surface area contributed by atoms with Gasteiger partial charge in [-0.25, -0.2) is 0 Å². The van der Waals surface area contributed by atoms with Gasteiger partial charge in [-0.2, -0.15) is 0 Å². The zero-order chi connectivity index (χ0) is 19.3. The topological polar surface area (TPSA) is 54.9 Å². The lowest BCUT2D eigenvalue weighted by Gasteiger charge is -2.39. The van der Waals surface area contributed by atoms with E-state index in [1.54, 1.807) is 19.5 Å². The summed E-state index contributed by atoms with van der Waals surface area (Å²) in [5.41, 5.74) is 1.85. The van der Waals surface area contributed by atoms with Crippen molar-refractivity contribution in [2.24, 2.45) is 0 Å². The highest BCUT2D eigenvalue weighted by Crippen LogP contribution is 2.34. The Labute approximate surface area is 166 Å². The van der Waals surface area contributed by atoms with Crippen LogP contribution in [0.2, 0.25) is 0 Å². The Hall–Kier alpha value is -2.60. The third-order valence-corrected chi connectivity index (χ3v) is 5.67. The number of ether oxygens (including phenoxy) is 2. The van der Waals surface area contributed by atoms with Crippen molar-refractivity contribution >= 4 is 5.91 Å². The summed E-state index contributed by atoms with van der Waals surface area (Å²) in [5, 5.41) is 0. The minimum atomic E-state index is 0.0858. The first-order valence-electron chi connectivity index (χ1n) is 9.98. The van der Waals surface area contributed by atoms with E-state index in [0.717, 1.165) is 56.9 Å². The van der Waals surface area contributed by atoms with Crippen LogP contribution in [-0.4, -0.2) is 60.1 Å². The maximum atomic E-state index is 12.7. The van der Waals surface area contributed by atoms with Gasteiger partial charge in [0.05, 0.1) is 19.3 Å². The van der Waals surface area contributed by atoms with E-state index < -0.39 is 0 Å². The van der Waals surface area contributed by atoms with Gasteiger partial charge in [0.25, 0.3) is 5.91 Å². The molecule has 0 radical (unpaired) electrons. The number of carbonyl (C=O) groups excluding carboxylic acids is 1. The normalized spacial score (nSPS) is 18.5. The Morgan fingerprint density at radius 2 is 2.04 bits per heavy atom. The second kappa shape index (κ2) is 8.61. The minimum absolute atomic E-state index is 0.0858. The fraction of sp³-hybridized carbons (Fsp3) is 0.455. The van der Waals surface area contributed by atoms with Gasteiger partial charge in [0, 0.05) is 50.2 Å². The van der Waals surface area contributed by atoms with E-state index in [2.05, 4.69) is 16.0 Å². The number of rotatable bonds is 3. The molecule has 1 aromatic heterocycles. The van der Waals surface area contributed by atoms with Crippen molar-refractivity contribution in [3.63, 3.8) is 0 Å². The fourth-order valence-electron chi connectivity index (χ4n) is 4.17. The number of pyridine rings is 1. The van der Waals surface area contributed by atoms with E-state index in [-0.39, 0.29) is 5.91 Å². The van der Waals surface area contributed by atoms with Crippen molar-refractivity contribution in [3.8, 4) is 11.5 Å². The molecule has 1 saturated heterocycles. The molecule has 0 aliphatic carbocycles. The Bertz CT molecular complexity index is 804. The van der Waals surface area contributed by atoms with Crippen molar-refractivity contribution in [1.29, 1.82) is 0 Å². The quantitative estimate of drug-likeness (QED) is 0.818. The average Bonchev–Trinajstić information content (AvgIpc) is 2.74. The maximum Gasteiger partial charge on any atom is 0.255 e. The standard InChI is InChI=1S/C22H27N3O3/c1-27-20-7-2-5-18-16-25(11-4-14-28-21(18)20)19-8-12-24(13-9-19)22(26)17-6-3-10-23-15-17/h2-3,5-7,10,15,19H,4,8-9,11-14,16H2,1H3. The molecule has 0 atom stereocenters. The SMILES string of the molecule is COc1cccc2c1OCCCN(C1CCN(C(=O)c3cccnc3)CC1)C2. The molecule has 1 amide bonds. The number of fused-ring (bicyclic) bond motifs is 1. The monoisotopic (exact) mass is 381 g/mol.